The summed E-state index contributed by atoms with van der Waals surface area (Å²) in [5, 5.41) is 0. The molecule has 0 amide bonds. The fourth-order valence-corrected chi connectivity index (χ4v) is 3.40. The van der Waals surface area contributed by atoms with Gasteiger partial charge in [-0.1, -0.05) is 0 Å². The molecule has 0 saturated heterocycles. The summed E-state index contributed by atoms with van der Waals surface area (Å²) in [5.41, 5.74) is 9.50. The summed E-state index contributed by atoms with van der Waals surface area (Å²) in [6, 6.07) is 13.2. The zero-order valence-electron chi connectivity index (χ0n) is 17.3. The van der Waals surface area contributed by atoms with E-state index in [1.165, 1.54) is 25.4 Å². The number of rotatable bonds is 4. The normalized spacial score (nSPS) is 11.0. The van der Waals surface area contributed by atoms with Gasteiger partial charge in [0, 0.05) is 11.9 Å². The second-order valence-corrected chi connectivity index (χ2v) is 7.01. The minimum atomic E-state index is -0.446. The van der Waals surface area contributed by atoms with Crippen LogP contribution in [-0.2, 0) is 4.74 Å². The summed E-state index contributed by atoms with van der Waals surface area (Å²) in [6.45, 7) is 0. The topological polar surface area (TPSA) is 122 Å². The second-order valence-electron chi connectivity index (χ2n) is 7.01. The van der Waals surface area contributed by atoms with Gasteiger partial charge in [0.25, 0.3) is 0 Å². The third-order valence-corrected chi connectivity index (χ3v) is 4.99. The highest BCUT2D eigenvalue weighted by molar-refractivity contribution is 5.90. The molecule has 0 fully saturated rings. The molecule has 0 unspecified atom stereocenters. The fourth-order valence-electron chi connectivity index (χ4n) is 3.40. The zero-order valence-corrected chi connectivity index (χ0v) is 17.3. The smallest absolute Gasteiger partial charge is 0.337 e. The molecule has 4 aromatic heterocycles. The van der Waals surface area contributed by atoms with Gasteiger partial charge in [0.15, 0.2) is 17.1 Å². The van der Waals surface area contributed by atoms with E-state index >= 15 is 0 Å². The van der Waals surface area contributed by atoms with E-state index in [0.29, 0.717) is 51.1 Å². The van der Waals surface area contributed by atoms with Gasteiger partial charge >= 0.3 is 5.97 Å². The number of fused-ring (bicyclic) bond motifs is 1. The quantitative estimate of drug-likeness (QED) is 0.421. The maximum Gasteiger partial charge on any atom is 0.337 e. The molecule has 33 heavy (non-hydrogen) atoms. The van der Waals surface area contributed by atoms with E-state index < -0.39 is 11.8 Å². The Kier molecular flexibility index (Phi) is 4.94. The summed E-state index contributed by atoms with van der Waals surface area (Å²) in [5.74, 6) is -0.123. The predicted molar refractivity (Wildman–Crippen MR) is 119 cm³/mol. The van der Waals surface area contributed by atoms with E-state index in [4.69, 9.17) is 15.5 Å². The number of ether oxygens (including phenoxy) is 1. The van der Waals surface area contributed by atoms with Crippen LogP contribution in [-0.4, -0.2) is 42.6 Å². The van der Waals surface area contributed by atoms with E-state index in [0.717, 1.165) is 6.20 Å². The van der Waals surface area contributed by atoms with E-state index in [1.807, 2.05) is 0 Å². The first kappa shape index (κ1) is 20.2. The molecule has 162 valence electrons. The molecule has 0 aliphatic heterocycles. The molecule has 5 rings (SSSR count). The summed E-state index contributed by atoms with van der Waals surface area (Å²) in [7, 11) is 1.32. The molecular formula is C23H16FN7O2. The maximum atomic E-state index is 13.3. The molecule has 0 saturated carbocycles. The van der Waals surface area contributed by atoms with Gasteiger partial charge in [0.1, 0.15) is 17.3 Å². The molecule has 10 heteroatoms. The number of nitrogens with two attached hydrogens (primary N) is 1. The van der Waals surface area contributed by atoms with Crippen LogP contribution in [0.25, 0.3) is 39.8 Å². The SMILES string of the molecule is COC(=O)c1ccc(-n2c(-c3cccnc3N)nc3ncc(-c4ccc(F)cn4)nc32)cc1. The molecule has 9 nitrogen and oxygen atoms in total. The van der Waals surface area contributed by atoms with Crippen LogP contribution in [0.15, 0.2) is 67.1 Å². The van der Waals surface area contributed by atoms with E-state index in [1.54, 1.807) is 47.2 Å². The van der Waals surface area contributed by atoms with Crippen molar-refractivity contribution in [2.24, 2.45) is 0 Å². The Bertz CT molecular complexity index is 1480. The van der Waals surface area contributed by atoms with Gasteiger partial charge in [-0.25, -0.2) is 29.1 Å². The number of hydrogen-bond donors (Lipinski definition) is 1. The van der Waals surface area contributed by atoms with Crippen LogP contribution in [0.3, 0.4) is 0 Å². The number of aromatic nitrogens is 6. The largest absolute Gasteiger partial charge is 0.465 e. The number of halogens is 1. The van der Waals surface area contributed by atoms with Crippen molar-refractivity contribution in [2.45, 2.75) is 0 Å². The number of benzene rings is 1. The molecule has 5 aromatic rings. The van der Waals surface area contributed by atoms with Gasteiger partial charge in [-0.2, -0.15) is 0 Å². The minimum absolute atomic E-state index is 0.292. The third-order valence-electron chi connectivity index (χ3n) is 4.99. The molecule has 1 aromatic carbocycles. The van der Waals surface area contributed by atoms with Crippen LogP contribution in [0, 0.1) is 5.82 Å². The monoisotopic (exact) mass is 441 g/mol. The second kappa shape index (κ2) is 8.08. The Hall–Kier alpha value is -4.73. The Morgan fingerprint density at radius 1 is 0.970 bits per heavy atom. The lowest BCUT2D eigenvalue weighted by Gasteiger charge is -2.11. The average Bonchev–Trinajstić information content (AvgIpc) is 3.23. The molecule has 0 radical (unpaired) electrons. The first-order valence-electron chi connectivity index (χ1n) is 9.82. The van der Waals surface area contributed by atoms with Crippen LogP contribution < -0.4 is 5.73 Å². The number of carbonyl (C=O) groups excluding carboxylic acids is 1. The van der Waals surface area contributed by atoms with Crippen molar-refractivity contribution in [1.82, 2.24) is 29.5 Å². The fraction of sp³-hybridized carbons (Fsp3) is 0.0435. The molecular weight excluding hydrogens is 425 g/mol. The van der Waals surface area contributed by atoms with Gasteiger partial charge < -0.3 is 10.5 Å². The molecule has 0 atom stereocenters. The van der Waals surface area contributed by atoms with Gasteiger partial charge in [-0.3, -0.25) is 9.55 Å². The van der Waals surface area contributed by atoms with E-state index in [2.05, 4.69) is 19.9 Å². The highest BCUT2D eigenvalue weighted by Crippen LogP contribution is 2.30. The van der Waals surface area contributed by atoms with Crippen molar-refractivity contribution in [3.05, 3.63) is 78.5 Å². The lowest BCUT2D eigenvalue weighted by Crippen LogP contribution is -2.04. The number of anilines is 1. The van der Waals surface area contributed by atoms with Gasteiger partial charge in [-0.15, -0.1) is 0 Å². The van der Waals surface area contributed by atoms with Crippen molar-refractivity contribution in [3.63, 3.8) is 0 Å². The van der Waals surface area contributed by atoms with Crippen molar-refractivity contribution in [1.29, 1.82) is 0 Å². The molecule has 2 N–H and O–H groups in total. The van der Waals surface area contributed by atoms with Crippen LogP contribution in [0.2, 0.25) is 0 Å². The molecule has 0 aliphatic carbocycles. The number of nitrogens with zero attached hydrogens (tertiary/aromatic N) is 6. The summed E-state index contributed by atoms with van der Waals surface area (Å²) in [4.78, 5) is 33.9. The van der Waals surface area contributed by atoms with Crippen LogP contribution in [0.5, 0.6) is 0 Å². The molecule has 0 spiro atoms. The Labute approximate surface area is 186 Å². The first-order chi connectivity index (χ1) is 16.0. The number of imidazole rings is 1. The van der Waals surface area contributed by atoms with Gasteiger partial charge in [-0.05, 0) is 48.5 Å². The minimum Gasteiger partial charge on any atom is -0.465 e. The molecule has 4 heterocycles. The Morgan fingerprint density at radius 3 is 2.48 bits per heavy atom. The van der Waals surface area contributed by atoms with Gasteiger partial charge in [0.05, 0.1) is 36.3 Å². The standard InChI is InChI=1S/C23H16FN7O2/c1-33-23(32)13-4-7-15(8-5-13)31-21(16-3-2-10-26-19(16)25)30-20-22(31)29-18(12-28-20)17-9-6-14(24)11-27-17/h2-12H,1H3,(H2,25,26). The van der Waals surface area contributed by atoms with Gasteiger partial charge in [0.2, 0.25) is 0 Å². The van der Waals surface area contributed by atoms with Crippen LogP contribution >= 0.6 is 0 Å². The van der Waals surface area contributed by atoms with E-state index in [9.17, 15) is 9.18 Å². The third kappa shape index (κ3) is 3.63. The summed E-state index contributed by atoms with van der Waals surface area (Å²) < 4.78 is 19.9. The van der Waals surface area contributed by atoms with Crippen LogP contribution in [0.1, 0.15) is 10.4 Å². The van der Waals surface area contributed by atoms with Crippen molar-refractivity contribution in [2.75, 3.05) is 12.8 Å². The Balaban J connectivity index is 1.75. The lowest BCUT2D eigenvalue weighted by atomic mass is 10.2. The highest BCUT2D eigenvalue weighted by Gasteiger charge is 2.20. The zero-order chi connectivity index (χ0) is 22.9. The summed E-state index contributed by atoms with van der Waals surface area (Å²) in [6.07, 6.45) is 4.23. The summed E-state index contributed by atoms with van der Waals surface area (Å²) >= 11 is 0. The van der Waals surface area contributed by atoms with Crippen LogP contribution in [0.4, 0.5) is 10.2 Å². The number of hydrogen-bond acceptors (Lipinski definition) is 8. The average molecular weight is 441 g/mol. The van der Waals surface area contributed by atoms with E-state index in [-0.39, 0.29) is 0 Å². The number of nitrogen functional groups attached to an aromatic ring is 1. The molecule has 0 aliphatic rings. The highest BCUT2D eigenvalue weighted by atomic mass is 19.1. The van der Waals surface area contributed by atoms with Crippen molar-refractivity contribution >= 4 is 23.1 Å². The number of methoxy groups -OCH3 is 1. The number of esters is 1. The molecule has 0 bridgehead atoms. The maximum absolute atomic E-state index is 13.3. The number of pyridine rings is 2. The predicted octanol–water partition coefficient (Wildman–Crippen LogP) is 3.45. The lowest BCUT2D eigenvalue weighted by molar-refractivity contribution is 0.0600. The first-order valence-corrected chi connectivity index (χ1v) is 9.82. The Morgan fingerprint density at radius 2 is 1.79 bits per heavy atom. The number of carbonyl (C=O) groups is 1. The van der Waals surface area contributed by atoms with Crippen molar-refractivity contribution < 1.29 is 13.9 Å². The van der Waals surface area contributed by atoms with Crippen molar-refractivity contribution in [3.8, 4) is 28.5 Å².